The molecule has 0 heterocycles. The van der Waals surface area contributed by atoms with Crippen LogP contribution in [0.1, 0.15) is 42.6 Å². The van der Waals surface area contributed by atoms with Crippen LogP contribution in [0, 0.1) is 5.92 Å². The molecule has 0 radical (unpaired) electrons. The maximum Gasteiger partial charge on any atom is 0.290 e. The van der Waals surface area contributed by atoms with Gasteiger partial charge in [0.2, 0.25) is 0 Å². The largest absolute Gasteiger partial charge is 0.508 e. The Kier molecular flexibility index (Phi) is 12.2. The highest BCUT2D eigenvalue weighted by Crippen LogP contribution is 2.13. The van der Waals surface area contributed by atoms with Crippen LogP contribution in [-0.2, 0) is 11.3 Å². The third-order valence-corrected chi connectivity index (χ3v) is 4.79. The molecular weight excluding hydrogens is 404 g/mol. The number of phenols is 1. The highest BCUT2D eigenvalue weighted by atomic mass is 35.5. The number of nitrogens with one attached hydrogen (secondary N) is 1. The first kappa shape index (κ1) is 25.5. The summed E-state index contributed by atoms with van der Waals surface area (Å²) in [5.74, 6) is 0.445. The smallest absolute Gasteiger partial charge is 0.290 e. The monoisotopic (exact) mass is 434 g/mol. The summed E-state index contributed by atoms with van der Waals surface area (Å²) in [5, 5.41) is 19.9. The second kappa shape index (κ2) is 14.4. The van der Waals surface area contributed by atoms with Crippen LogP contribution in [0.25, 0.3) is 0 Å². The Morgan fingerprint density at radius 1 is 1.13 bits per heavy atom. The maximum atomic E-state index is 12.2. The van der Waals surface area contributed by atoms with Crippen molar-refractivity contribution in [2.75, 3.05) is 19.6 Å². The van der Waals surface area contributed by atoms with E-state index >= 15 is 0 Å². The van der Waals surface area contributed by atoms with E-state index in [2.05, 4.69) is 36.2 Å². The zero-order chi connectivity index (χ0) is 22.4. The standard InChI is InChI=1S/C22H29ClN2O2.CH2O2/c1-3-13-25(16-18-4-8-20(23)9-5-18)14-12-17(2)15-24-22(27)19-6-10-21(26)11-7-19;2-1-3/h4-11,17,26H,3,12-16H2,1-2H3,(H,24,27);1H,(H,2,3)/t17-;/m1./s1. The quantitative estimate of drug-likeness (QED) is 0.482. The van der Waals surface area contributed by atoms with E-state index < -0.39 is 0 Å². The van der Waals surface area contributed by atoms with Gasteiger partial charge in [-0.2, -0.15) is 0 Å². The van der Waals surface area contributed by atoms with Crippen molar-refractivity contribution in [3.8, 4) is 5.75 Å². The fourth-order valence-electron chi connectivity index (χ4n) is 2.92. The van der Waals surface area contributed by atoms with Crippen LogP contribution >= 0.6 is 11.6 Å². The number of hydrogen-bond acceptors (Lipinski definition) is 4. The number of carbonyl (C=O) groups is 2. The SMILES string of the molecule is CCCN(CC[C@@H](C)CNC(=O)c1ccc(O)cc1)Cc1ccc(Cl)cc1.O=CO. The molecule has 2 aromatic carbocycles. The molecule has 0 aromatic heterocycles. The fraction of sp³-hybridized carbons (Fsp3) is 0.391. The Morgan fingerprint density at radius 3 is 2.30 bits per heavy atom. The van der Waals surface area contributed by atoms with Crippen LogP contribution in [0.4, 0.5) is 0 Å². The van der Waals surface area contributed by atoms with E-state index in [-0.39, 0.29) is 18.1 Å². The first-order valence-electron chi connectivity index (χ1n) is 10.0. The second-order valence-electron chi connectivity index (χ2n) is 7.16. The molecule has 0 fully saturated rings. The van der Waals surface area contributed by atoms with E-state index in [1.54, 1.807) is 12.1 Å². The summed E-state index contributed by atoms with van der Waals surface area (Å²) < 4.78 is 0. The van der Waals surface area contributed by atoms with Gasteiger partial charge in [0.1, 0.15) is 5.75 Å². The van der Waals surface area contributed by atoms with E-state index in [1.165, 1.54) is 17.7 Å². The Balaban J connectivity index is 0.00000141. The summed E-state index contributed by atoms with van der Waals surface area (Å²) in [4.78, 5) is 23.0. The van der Waals surface area contributed by atoms with Gasteiger partial charge in [-0.05, 0) is 73.8 Å². The van der Waals surface area contributed by atoms with Gasteiger partial charge in [-0.15, -0.1) is 0 Å². The number of benzene rings is 2. The molecule has 0 bridgehead atoms. The molecule has 3 N–H and O–H groups in total. The van der Waals surface area contributed by atoms with E-state index in [0.29, 0.717) is 18.0 Å². The predicted octanol–water partition coefficient (Wildman–Crippen LogP) is 4.41. The molecule has 1 atom stereocenters. The van der Waals surface area contributed by atoms with Gasteiger partial charge in [-0.25, -0.2) is 0 Å². The Bertz CT molecular complexity index is 751. The second-order valence-corrected chi connectivity index (χ2v) is 7.60. The highest BCUT2D eigenvalue weighted by Gasteiger charge is 2.11. The minimum Gasteiger partial charge on any atom is -0.508 e. The molecule has 6 nitrogen and oxygen atoms in total. The molecule has 0 aliphatic heterocycles. The molecule has 0 aliphatic carbocycles. The minimum atomic E-state index is -0.250. The Labute approximate surface area is 183 Å². The van der Waals surface area contributed by atoms with Gasteiger partial charge >= 0.3 is 0 Å². The topological polar surface area (TPSA) is 89.9 Å². The lowest BCUT2D eigenvalue weighted by molar-refractivity contribution is -0.122. The molecule has 7 heteroatoms. The van der Waals surface area contributed by atoms with Crippen molar-refractivity contribution in [2.45, 2.75) is 33.2 Å². The van der Waals surface area contributed by atoms with Crippen molar-refractivity contribution in [3.63, 3.8) is 0 Å². The van der Waals surface area contributed by atoms with Gasteiger partial charge in [0, 0.05) is 23.7 Å². The van der Waals surface area contributed by atoms with Crippen molar-refractivity contribution >= 4 is 24.0 Å². The Morgan fingerprint density at radius 2 is 1.73 bits per heavy atom. The van der Waals surface area contributed by atoms with Crippen molar-refractivity contribution < 1.29 is 19.8 Å². The van der Waals surface area contributed by atoms with Crippen LogP contribution in [0.15, 0.2) is 48.5 Å². The first-order valence-corrected chi connectivity index (χ1v) is 10.4. The van der Waals surface area contributed by atoms with E-state index in [4.69, 9.17) is 21.5 Å². The molecule has 164 valence electrons. The number of phenolic OH excluding ortho intramolecular Hbond substituents is 1. The summed E-state index contributed by atoms with van der Waals surface area (Å²) in [6.07, 6.45) is 2.13. The van der Waals surface area contributed by atoms with Crippen molar-refractivity contribution in [3.05, 3.63) is 64.7 Å². The Hall–Kier alpha value is -2.57. The normalized spacial score (nSPS) is 11.3. The molecule has 0 saturated heterocycles. The third kappa shape index (κ3) is 10.3. The lowest BCUT2D eigenvalue weighted by atomic mass is 10.1. The summed E-state index contributed by atoms with van der Waals surface area (Å²) in [5.41, 5.74) is 1.83. The van der Waals surface area contributed by atoms with Crippen molar-refractivity contribution in [1.82, 2.24) is 10.2 Å². The highest BCUT2D eigenvalue weighted by molar-refractivity contribution is 6.30. The van der Waals surface area contributed by atoms with E-state index in [1.807, 2.05) is 12.1 Å². The van der Waals surface area contributed by atoms with Gasteiger partial charge in [0.15, 0.2) is 0 Å². The van der Waals surface area contributed by atoms with E-state index in [0.717, 1.165) is 37.5 Å². The van der Waals surface area contributed by atoms with Crippen molar-refractivity contribution in [1.29, 1.82) is 0 Å². The maximum absolute atomic E-state index is 12.2. The van der Waals surface area contributed by atoms with Crippen LogP contribution in [-0.4, -0.2) is 47.1 Å². The van der Waals surface area contributed by atoms with Gasteiger partial charge in [-0.1, -0.05) is 37.6 Å². The summed E-state index contributed by atoms with van der Waals surface area (Å²) >= 11 is 5.96. The van der Waals surface area contributed by atoms with Crippen LogP contribution < -0.4 is 5.32 Å². The number of hydrogen-bond donors (Lipinski definition) is 3. The number of rotatable bonds is 10. The summed E-state index contributed by atoms with van der Waals surface area (Å²) in [7, 11) is 0. The molecule has 2 rings (SSSR count). The van der Waals surface area contributed by atoms with Crippen LogP contribution in [0.3, 0.4) is 0 Å². The number of aromatic hydroxyl groups is 1. The number of amides is 1. The molecule has 0 unspecified atom stereocenters. The number of nitrogens with zero attached hydrogens (tertiary/aromatic N) is 1. The van der Waals surface area contributed by atoms with Gasteiger partial charge in [0.05, 0.1) is 0 Å². The lowest BCUT2D eigenvalue weighted by Gasteiger charge is -2.24. The average molecular weight is 435 g/mol. The fourth-order valence-corrected chi connectivity index (χ4v) is 3.05. The number of halogens is 1. The summed E-state index contributed by atoms with van der Waals surface area (Å²) in [6.45, 7) is 7.69. The predicted molar refractivity (Wildman–Crippen MR) is 120 cm³/mol. The molecule has 1 amide bonds. The zero-order valence-corrected chi connectivity index (χ0v) is 18.3. The number of carboxylic acid groups (broad SMARTS) is 1. The van der Waals surface area contributed by atoms with Crippen LogP contribution in [0.5, 0.6) is 5.75 Å². The van der Waals surface area contributed by atoms with Crippen molar-refractivity contribution in [2.24, 2.45) is 5.92 Å². The average Bonchev–Trinajstić information content (AvgIpc) is 2.73. The molecule has 0 spiro atoms. The number of carbonyl (C=O) groups excluding carboxylic acids is 1. The van der Waals surface area contributed by atoms with Gasteiger partial charge in [0.25, 0.3) is 12.4 Å². The zero-order valence-electron chi connectivity index (χ0n) is 17.6. The van der Waals surface area contributed by atoms with Gasteiger partial charge in [-0.3, -0.25) is 14.5 Å². The molecular formula is C23H31ClN2O4. The molecule has 0 saturated carbocycles. The molecule has 2 aromatic rings. The van der Waals surface area contributed by atoms with Crippen LogP contribution in [0.2, 0.25) is 5.02 Å². The lowest BCUT2D eigenvalue weighted by Crippen LogP contribution is -2.31. The van der Waals surface area contributed by atoms with E-state index in [9.17, 15) is 9.90 Å². The molecule has 30 heavy (non-hydrogen) atoms. The first-order chi connectivity index (χ1) is 14.4. The minimum absolute atomic E-state index is 0.103. The third-order valence-electron chi connectivity index (χ3n) is 4.54. The summed E-state index contributed by atoms with van der Waals surface area (Å²) in [6, 6.07) is 14.3. The van der Waals surface area contributed by atoms with Gasteiger partial charge < -0.3 is 15.5 Å². The molecule has 0 aliphatic rings.